The minimum Gasteiger partial charge on any atom is -0.457 e. The molecule has 3 heterocycles. The number of carbonyl (C=O) groups excluding carboxylic acids is 1. The van der Waals surface area contributed by atoms with E-state index < -0.39 is 0 Å². The first-order chi connectivity index (χ1) is 15.7. The maximum absolute atomic E-state index is 13.5. The summed E-state index contributed by atoms with van der Waals surface area (Å²) in [7, 11) is 0. The first kappa shape index (κ1) is 20.7. The molecule has 0 saturated carbocycles. The monoisotopic (exact) mass is 448 g/mol. The van der Waals surface area contributed by atoms with Gasteiger partial charge >= 0.3 is 0 Å². The molecule has 0 aliphatic carbocycles. The van der Waals surface area contributed by atoms with Gasteiger partial charge in [-0.2, -0.15) is 0 Å². The number of ether oxygens (including phenoxy) is 1. The summed E-state index contributed by atoms with van der Waals surface area (Å²) in [5, 5.41) is 0.625. The van der Waals surface area contributed by atoms with E-state index in [1.165, 1.54) is 23.9 Å². The Kier molecular flexibility index (Phi) is 5.92. The highest BCUT2D eigenvalue weighted by Crippen LogP contribution is 2.36. The minimum absolute atomic E-state index is 0.0167. The molecule has 162 valence electrons. The highest BCUT2D eigenvalue weighted by molar-refractivity contribution is 8.18. The number of aliphatic imine (C=N–C) groups is 1. The van der Waals surface area contributed by atoms with Gasteiger partial charge in [0.05, 0.1) is 23.2 Å². The summed E-state index contributed by atoms with van der Waals surface area (Å²) in [6.07, 6.45) is 3.67. The molecule has 0 unspecified atom stereocenters. The van der Waals surface area contributed by atoms with Crippen molar-refractivity contribution in [3.63, 3.8) is 0 Å². The number of hydrogen-bond acceptors (Lipinski definition) is 5. The number of benzene rings is 2. The van der Waals surface area contributed by atoms with Crippen LogP contribution in [0.5, 0.6) is 0 Å². The van der Waals surface area contributed by atoms with Crippen LogP contribution in [0.1, 0.15) is 18.6 Å². The Morgan fingerprint density at radius 1 is 1.12 bits per heavy atom. The van der Waals surface area contributed by atoms with Crippen LogP contribution in [-0.4, -0.2) is 35.2 Å². The topological polar surface area (TPSA) is 55.0 Å². The van der Waals surface area contributed by atoms with Crippen LogP contribution in [0.25, 0.3) is 17.4 Å². The van der Waals surface area contributed by atoms with Gasteiger partial charge in [0.25, 0.3) is 5.91 Å². The van der Waals surface area contributed by atoms with Gasteiger partial charge in [0.1, 0.15) is 17.3 Å². The maximum atomic E-state index is 13.5. The van der Waals surface area contributed by atoms with Crippen LogP contribution in [-0.2, 0) is 9.53 Å². The summed E-state index contributed by atoms with van der Waals surface area (Å²) >= 11 is 1.32. The molecule has 0 radical (unpaired) electrons. The van der Waals surface area contributed by atoms with E-state index in [4.69, 9.17) is 14.1 Å². The molecule has 2 aliphatic rings. The van der Waals surface area contributed by atoms with Gasteiger partial charge < -0.3 is 9.15 Å². The van der Waals surface area contributed by atoms with Crippen molar-refractivity contribution in [1.29, 1.82) is 0 Å². The Morgan fingerprint density at radius 3 is 2.78 bits per heavy atom. The summed E-state index contributed by atoms with van der Waals surface area (Å²) in [5.41, 5.74) is 1.43. The van der Waals surface area contributed by atoms with Gasteiger partial charge in [0, 0.05) is 18.2 Å². The van der Waals surface area contributed by atoms with Crippen LogP contribution in [0.15, 0.2) is 81.0 Å². The fraction of sp³-hybridized carbons (Fsp3) is 0.200. The van der Waals surface area contributed by atoms with E-state index in [0.29, 0.717) is 33.7 Å². The lowest BCUT2D eigenvalue weighted by Crippen LogP contribution is -2.36. The number of thioether (sulfide) groups is 1. The number of furan rings is 1. The highest BCUT2D eigenvalue weighted by atomic mass is 32.2. The van der Waals surface area contributed by atoms with Crippen LogP contribution in [0, 0.1) is 5.82 Å². The van der Waals surface area contributed by atoms with Crippen molar-refractivity contribution in [2.75, 3.05) is 13.2 Å². The summed E-state index contributed by atoms with van der Waals surface area (Å²) in [4.78, 5) is 20.1. The zero-order valence-corrected chi connectivity index (χ0v) is 18.1. The summed E-state index contributed by atoms with van der Waals surface area (Å²) in [6.45, 7) is 1.20. The summed E-state index contributed by atoms with van der Waals surface area (Å²) in [6, 6.07) is 19.3. The third-order valence-electron chi connectivity index (χ3n) is 5.29. The Hall–Kier alpha value is -3.16. The normalized spacial score (nSPS) is 21.2. The molecule has 0 N–H and O–H groups in total. The zero-order chi connectivity index (χ0) is 21.9. The molecule has 2 saturated heterocycles. The lowest BCUT2D eigenvalue weighted by Gasteiger charge is -2.19. The standard InChI is InChI=1S/C25H21FN2O3S/c26-18-7-4-6-17(14-18)22-12-11-20(31-22)15-23-24(29)28(16-21-10-5-13-30-21)25(32-23)27-19-8-2-1-3-9-19/h1-4,6-9,11-12,14-15,21H,5,10,13,16H2/b23-15-,27-25?/t21-/m1/s1. The second kappa shape index (κ2) is 9.14. The molecule has 5 nitrogen and oxygen atoms in total. The Labute approximate surface area is 189 Å². The molecule has 1 amide bonds. The van der Waals surface area contributed by atoms with E-state index in [0.717, 1.165) is 25.1 Å². The molecular formula is C25H21FN2O3S. The second-order valence-electron chi connectivity index (χ2n) is 7.60. The SMILES string of the molecule is O=C1/C(=C/c2ccc(-c3cccc(F)c3)o2)SC(=Nc2ccccc2)N1C[C@H]1CCCO1. The number of nitrogens with zero attached hydrogens (tertiary/aromatic N) is 2. The van der Waals surface area contributed by atoms with Gasteiger partial charge in [-0.05, 0) is 61.0 Å². The minimum atomic E-state index is -0.327. The molecule has 3 aromatic rings. The highest BCUT2D eigenvalue weighted by Gasteiger charge is 2.36. The van der Waals surface area contributed by atoms with Gasteiger partial charge in [-0.1, -0.05) is 30.3 Å². The molecule has 2 aromatic carbocycles. The number of amidine groups is 1. The van der Waals surface area contributed by atoms with E-state index in [2.05, 4.69) is 0 Å². The lowest BCUT2D eigenvalue weighted by molar-refractivity contribution is -0.123. The van der Waals surface area contributed by atoms with Crippen LogP contribution >= 0.6 is 11.8 Å². The Balaban J connectivity index is 1.43. The Bertz CT molecular complexity index is 1180. The summed E-state index contributed by atoms with van der Waals surface area (Å²) in [5.74, 6) is 0.620. The molecule has 32 heavy (non-hydrogen) atoms. The quantitative estimate of drug-likeness (QED) is 0.458. The number of hydrogen-bond donors (Lipinski definition) is 0. The first-order valence-corrected chi connectivity index (χ1v) is 11.3. The van der Waals surface area contributed by atoms with Crippen molar-refractivity contribution in [3.05, 3.63) is 83.2 Å². The van der Waals surface area contributed by atoms with Gasteiger partial charge in [0.2, 0.25) is 0 Å². The van der Waals surface area contributed by atoms with Crippen molar-refractivity contribution in [1.82, 2.24) is 4.90 Å². The molecule has 7 heteroatoms. The van der Waals surface area contributed by atoms with Crippen molar-refractivity contribution >= 4 is 34.6 Å². The molecular weight excluding hydrogens is 427 g/mol. The number of amides is 1. The predicted molar refractivity (Wildman–Crippen MR) is 124 cm³/mol. The third kappa shape index (κ3) is 4.54. The first-order valence-electron chi connectivity index (χ1n) is 10.5. The molecule has 5 rings (SSSR count). The number of para-hydroxylation sites is 1. The fourth-order valence-corrected chi connectivity index (χ4v) is 4.70. The maximum Gasteiger partial charge on any atom is 0.266 e. The van der Waals surface area contributed by atoms with E-state index in [1.54, 1.807) is 35.2 Å². The third-order valence-corrected chi connectivity index (χ3v) is 6.30. The second-order valence-corrected chi connectivity index (χ2v) is 8.61. The van der Waals surface area contributed by atoms with E-state index in [1.807, 2.05) is 30.3 Å². The van der Waals surface area contributed by atoms with Crippen molar-refractivity contribution in [2.45, 2.75) is 18.9 Å². The van der Waals surface area contributed by atoms with Crippen LogP contribution in [0.4, 0.5) is 10.1 Å². The van der Waals surface area contributed by atoms with Crippen LogP contribution in [0.3, 0.4) is 0 Å². The van der Waals surface area contributed by atoms with E-state index in [-0.39, 0.29) is 17.8 Å². The van der Waals surface area contributed by atoms with Crippen LogP contribution in [0.2, 0.25) is 0 Å². The average molecular weight is 449 g/mol. The molecule has 1 aromatic heterocycles. The van der Waals surface area contributed by atoms with E-state index >= 15 is 0 Å². The predicted octanol–water partition coefficient (Wildman–Crippen LogP) is 5.87. The number of carbonyl (C=O) groups is 1. The smallest absolute Gasteiger partial charge is 0.266 e. The zero-order valence-electron chi connectivity index (χ0n) is 17.2. The van der Waals surface area contributed by atoms with Gasteiger partial charge in [0.15, 0.2) is 5.17 Å². The van der Waals surface area contributed by atoms with Crippen molar-refractivity contribution in [3.8, 4) is 11.3 Å². The van der Waals surface area contributed by atoms with Crippen LogP contribution < -0.4 is 0 Å². The largest absolute Gasteiger partial charge is 0.457 e. The van der Waals surface area contributed by atoms with Crippen molar-refractivity contribution in [2.24, 2.45) is 4.99 Å². The lowest BCUT2D eigenvalue weighted by atomic mass is 10.2. The molecule has 2 aliphatic heterocycles. The Morgan fingerprint density at radius 2 is 2.00 bits per heavy atom. The molecule has 0 bridgehead atoms. The van der Waals surface area contributed by atoms with Gasteiger partial charge in [-0.3, -0.25) is 9.69 Å². The molecule has 0 spiro atoms. The summed E-state index contributed by atoms with van der Waals surface area (Å²) < 4.78 is 25.2. The molecule has 1 atom stereocenters. The average Bonchev–Trinajstić information content (AvgIpc) is 3.54. The number of halogens is 1. The van der Waals surface area contributed by atoms with E-state index in [9.17, 15) is 9.18 Å². The van der Waals surface area contributed by atoms with Crippen molar-refractivity contribution < 1.29 is 18.3 Å². The van der Waals surface area contributed by atoms with Gasteiger partial charge in [-0.25, -0.2) is 9.38 Å². The number of rotatable bonds is 5. The molecule has 2 fully saturated rings. The van der Waals surface area contributed by atoms with Gasteiger partial charge in [-0.15, -0.1) is 0 Å². The fourth-order valence-electron chi connectivity index (χ4n) is 3.71.